The number of allylic oxidation sites excluding steroid dienone is 1. The van der Waals surface area contributed by atoms with Crippen molar-refractivity contribution in [3.05, 3.63) is 29.7 Å². The number of rotatable bonds is 6. The largest absolute Gasteiger partial charge is 0.493 e. The van der Waals surface area contributed by atoms with Crippen LogP contribution in [-0.2, 0) is 0 Å². The Morgan fingerprint density at radius 3 is 2.61 bits per heavy atom. The predicted molar refractivity (Wildman–Crippen MR) is 86.8 cm³/mol. The zero-order valence-electron chi connectivity index (χ0n) is 12.3. The molecule has 0 radical (unpaired) electrons. The summed E-state index contributed by atoms with van der Waals surface area (Å²) in [5.41, 5.74) is 7.00. The fraction of sp³-hybridized carbons (Fsp3) is 0.154. The number of aromatic nitrogens is 4. The lowest BCUT2D eigenvalue weighted by molar-refractivity contribution is 0.355. The summed E-state index contributed by atoms with van der Waals surface area (Å²) in [6.45, 7) is 0. The molecule has 2 aromatic rings. The summed E-state index contributed by atoms with van der Waals surface area (Å²) in [6, 6.07) is 5.28. The number of methoxy groups -OCH3 is 2. The highest BCUT2D eigenvalue weighted by Crippen LogP contribution is 2.33. The van der Waals surface area contributed by atoms with Gasteiger partial charge in [0.2, 0.25) is 5.82 Å². The SMILES string of the molecule is COc1cc(NC=C(C#N)c2nn[nH]n2)c(C(N)=S)cc1OC. The lowest BCUT2D eigenvalue weighted by Gasteiger charge is -2.14. The minimum atomic E-state index is 0.164. The molecule has 23 heavy (non-hydrogen) atoms. The molecule has 0 spiro atoms. The highest BCUT2D eigenvalue weighted by Gasteiger charge is 2.13. The predicted octanol–water partition coefficient (Wildman–Crippen LogP) is 0.828. The molecule has 0 unspecified atom stereocenters. The maximum absolute atomic E-state index is 9.16. The normalized spacial score (nSPS) is 10.7. The first-order chi connectivity index (χ1) is 11.1. The standard InChI is InChI=1S/C13H13N7O2S/c1-21-10-3-8(12(15)23)9(4-11(10)22-2)16-6-7(5-14)13-17-19-20-18-13/h3-4,6,16H,1-2H3,(H2,15,23)(H,17,18,19,20). The van der Waals surface area contributed by atoms with Gasteiger partial charge in [-0.3, -0.25) is 0 Å². The number of tetrazole rings is 1. The third-order valence-electron chi connectivity index (χ3n) is 2.87. The Morgan fingerprint density at radius 2 is 2.09 bits per heavy atom. The molecule has 0 saturated heterocycles. The van der Waals surface area contributed by atoms with Gasteiger partial charge in [0.15, 0.2) is 11.5 Å². The number of aromatic amines is 1. The summed E-state index contributed by atoms with van der Waals surface area (Å²) in [5, 5.41) is 25.3. The zero-order valence-corrected chi connectivity index (χ0v) is 13.1. The molecule has 10 heteroatoms. The topological polar surface area (TPSA) is 135 Å². The smallest absolute Gasteiger partial charge is 0.216 e. The van der Waals surface area contributed by atoms with E-state index in [9.17, 15) is 0 Å². The lowest BCUT2D eigenvalue weighted by atomic mass is 10.1. The van der Waals surface area contributed by atoms with Gasteiger partial charge in [0.1, 0.15) is 16.6 Å². The number of benzene rings is 1. The quantitative estimate of drug-likeness (QED) is 0.519. The molecule has 1 heterocycles. The van der Waals surface area contributed by atoms with Crippen molar-refractivity contribution in [2.45, 2.75) is 0 Å². The minimum absolute atomic E-state index is 0.164. The Bertz CT molecular complexity index is 780. The maximum Gasteiger partial charge on any atom is 0.216 e. The van der Waals surface area contributed by atoms with E-state index in [2.05, 4.69) is 25.9 Å². The molecule has 0 atom stereocenters. The molecule has 2 rings (SSSR count). The molecule has 1 aromatic carbocycles. The van der Waals surface area contributed by atoms with Gasteiger partial charge >= 0.3 is 0 Å². The van der Waals surface area contributed by atoms with Crippen molar-refractivity contribution in [1.82, 2.24) is 20.6 Å². The molecule has 0 aliphatic rings. The van der Waals surface area contributed by atoms with Crippen molar-refractivity contribution in [3.8, 4) is 17.6 Å². The van der Waals surface area contributed by atoms with Crippen molar-refractivity contribution in [2.75, 3.05) is 19.5 Å². The Kier molecular flexibility index (Phi) is 5.06. The van der Waals surface area contributed by atoms with Crippen molar-refractivity contribution in [2.24, 2.45) is 5.73 Å². The van der Waals surface area contributed by atoms with E-state index in [1.165, 1.54) is 20.4 Å². The number of nitriles is 1. The van der Waals surface area contributed by atoms with Crippen molar-refractivity contribution in [3.63, 3.8) is 0 Å². The molecule has 0 bridgehead atoms. The number of nitrogens with two attached hydrogens (primary N) is 1. The fourth-order valence-electron chi connectivity index (χ4n) is 1.77. The molecule has 0 fully saturated rings. The fourth-order valence-corrected chi connectivity index (χ4v) is 1.94. The van der Waals surface area contributed by atoms with Gasteiger partial charge in [-0.25, -0.2) is 0 Å². The van der Waals surface area contributed by atoms with Gasteiger partial charge in [0.05, 0.1) is 19.9 Å². The third kappa shape index (κ3) is 3.53. The van der Waals surface area contributed by atoms with Gasteiger partial charge in [-0.05, 0) is 11.3 Å². The Balaban J connectivity index is 2.42. The number of nitrogens with one attached hydrogen (secondary N) is 2. The maximum atomic E-state index is 9.16. The summed E-state index contributed by atoms with van der Waals surface area (Å²) < 4.78 is 10.5. The van der Waals surface area contributed by atoms with Crippen LogP contribution in [0.3, 0.4) is 0 Å². The highest BCUT2D eigenvalue weighted by molar-refractivity contribution is 7.80. The van der Waals surface area contributed by atoms with Gasteiger partial charge in [-0.15, -0.1) is 10.2 Å². The number of ether oxygens (including phenoxy) is 2. The van der Waals surface area contributed by atoms with Crippen LogP contribution >= 0.6 is 12.2 Å². The van der Waals surface area contributed by atoms with Crippen LogP contribution in [0.15, 0.2) is 18.3 Å². The summed E-state index contributed by atoms with van der Waals surface area (Å²) in [5.74, 6) is 1.14. The minimum Gasteiger partial charge on any atom is -0.493 e. The van der Waals surface area contributed by atoms with Gasteiger partial charge in [-0.1, -0.05) is 12.2 Å². The summed E-state index contributed by atoms with van der Waals surface area (Å²) >= 11 is 5.04. The van der Waals surface area contributed by atoms with E-state index in [1.807, 2.05) is 6.07 Å². The lowest BCUT2D eigenvalue weighted by Crippen LogP contribution is -2.12. The molecule has 0 amide bonds. The molecule has 0 aliphatic heterocycles. The first-order valence-corrected chi connectivity index (χ1v) is 6.68. The van der Waals surface area contributed by atoms with E-state index in [1.54, 1.807) is 12.1 Å². The second kappa shape index (κ2) is 7.19. The molecular formula is C13H13N7O2S. The molecule has 118 valence electrons. The van der Waals surface area contributed by atoms with Crippen LogP contribution in [0.25, 0.3) is 5.57 Å². The molecule has 9 nitrogen and oxygen atoms in total. The number of H-pyrrole nitrogens is 1. The van der Waals surface area contributed by atoms with Gasteiger partial charge in [0, 0.05) is 17.8 Å². The molecule has 4 N–H and O–H groups in total. The second-order valence-corrected chi connectivity index (χ2v) is 4.61. The van der Waals surface area contributed by atoms with Crippen LogP contribution in [0.4, 0.5) is 5.69 Å². The third-order valence-corrected chi connectivity index (χ3v) is 3.09. The highest BCUT2D eigenvalue weighted by atomic mass is 32.1. The number of thiocarbonyl (C=S) groups is 1. The van der Waals surface area contributed by atoms with Crippen molar-refractivity contribution < 1.29 is 9.47 Å². The van der Waals surface area contributed by atoms with Gasteiger partial charge < -0.3 is 20.5 Å². The van der Waals surface area contributed by atoms with Crippen LogP contribution in [0.2, 0.25) is 0 Å². The van der Waals surface area contributed by atoms with Crippen LogP contribution < -0.4 is 20.5 Å². The summed E-state index contributed by atoms with van der Waals surface area (Å²) in [6.07, 6.45) is 1.42. The van der Waals surface area contributed by atoms with Crippen LogP contribution in [0, 0.1) is 11.3 Å². The average molecular weight is 331 g/mol. The number of hydrogen-bond donors (Lipinski definition) is 3. The van der Waals surface area contributed by atoms with E-state index in [-0.39, 0.29) is 16.4 Å². The number of hydrogen-bond acceptors (Lipinski definition) is 8. The monoisotopic (exact) mass is 331 g/mol. The number of nitrogens with zero attached hydrogens (tertiary/aromatic N) is 4. The average Bonchev–Trinajstić information content (AvgIpc) is 3.08. The van der Waals surface area contributed by atoms with E-state index < -0.39 is 0 Å². The Labute approximate surface area is 137 Å². The summed E-state index contributed by atoms with van der Waals surface area (Å²) in [7, 11) is 3.02. The molecule has 0 aliphatic carbocycles. The van der Waals surface area contributed by atoms with Crippen LogP contribution in [0.1, 0.15) is 11.4 Å². The molecule has 1 aromatic heterocycles. The zero-order chi connectivity index (χ0) is 16.8. The number of anilines is 1. The van der Waals surface area contributed by atoms with Crippen molar-refractivity contribution in [1.29, 1.82) is 5.26 Å². The second-order valence-electron chi connectivity index (χ2n) is 4.17. The van der Waals surface area contributed by atoms with Crippen LogP contribution in [0.5, 0.6) is 11.5 Å². The van der Waals surface area contributed by atoms with Crippen LogP contribution in [-0.4, -0.2) is 39.8 Å². The molecular weight excluding hydrogens is 318 g/mol. The first kappa shape index (κ1) is 16.2. The Hall–Kier alpha value is -3.19. The van der Waals surface area contributed by atoms with E-state index in [0.717, 1.165) is 0 Å². The Morgan fingerprint density at radius 1 is 1.39 bits per heavy atom. The van der Waals surface area contributed by atoms with E-state index in [0.29, 0.717) is 22.7 Å². The first-order valence-electron chi connectivity index (χ1n) is 6.27. The van der Waals surface area contributed by atoms with Gasteiger partial charge in [-0.2, -0.15) is 10.5 Å². The summed E-state index contributed by atoms with van der Waals surface area (Å²) in [4.78, 5) is 0.167. The van der Waals surface area contributed by atoms with Crippen molar-refractivity contribution >= 4 is 28.5 Å². The van der Waals surface area contributed by atoms with Gasteiger partial charge in [0.25, 0.3) is 0 Å². The van der Waals surface area contributed by atoms with E-state index in [4.69, 9.17) is 32.7 Å². The van der Waals surface area contributed by atoms with E-state index >= 15 is 0 Å². The molecule has 0 saturated carbocycles.